The number of hydrogen-bond donors (Lipinski definition) is 1. The van der Waals surface area contributed by atoms with Gasteiger partial charge in [-0.3, -0.25) is 0 Å². The summed E-state index contributed by atoms with van der Waals surface area (Å²) in [7, 11) is 6.35. The second-order valence-electron chi connectivity index (χ2n) is 6.46. The molecular weight excluding hydrogens is 284 g/mol. The molecule has 1 aromatic carbocycles. The molecule has 4 nitrogen and oxygen atoms in total. The van der Waals surface area contributed by atoms with E-state index in [1.807, 2.05) is 6.07 Å². The zero-order chi connectivity index (χ0) is 16.8. The standard InChI is InChI=1S/C19H28N4/c1-15-12-17(21-19(20)13-15)9-8-16-6-5-7-18(14-16)23(4)11-10-22(2)3/h5-7,12-14H,8-11H2,1-4H3,(H2,20,21). The third-order valence-electron chi connectivity index (χ3n) is 3.95. The van der Waals surface area contributed by atoms with E-state index < -0.39 is 0 Å². The predicted molar refractivity (Wildman–Crippen MR) is 99.1 cm³/mol. The molecule has 0 saturated carbocycles. The summed E-state index contributed by atoms with van der Waals surface area (Å²) in [5.74, 6) is 0.608. The van der Waals surface area contributed by atoms with Crippen molar-refractivity contribution in [3.63, 3.8) is 0 Å². The molecule has 0 unspecified atom stereocenters. The maximum atomic E-state index is 5.83. The predicted octanol–water partition coefficient (Wildman–Crippen LogP) is 2.76. The fourth-order valence-electron chi connectivity index (χ4n) is 2.60. The van der Waals surface area contributed by atoms with Gasteiger partial charge in [-0.1, -0.05) is 12.1 Å². The Morgan fingerprint density at radius 1 is 1.00 bits per heavy atom. The number of rotatable bonds is 7. The van der Waals surface area contributed by atoms with Crippen LogP contribution in [0.2, 0.25) is 0 Å². The molecule has 124 valence electrons. The number of hydrogen-bond acceptors (Lipinski definition) is 4. The van der Waals surface area contributed by atoms with Gasteiger partial charge in [0.15, 0.2) is 0 Å². The second kappa shape index (κ2) is 7.97. The van der Waals surface area contributed by atoms with Gasteiger partial charge in [0.25, 0.3) is 0 Å². The fourth-order valence-corrected chi connectivity index (χ4v) is 2.60. The van der Waals surface area contributed by atoms with Crippen molar-refractivity contribution in [3.05, 3.63) is 53.2 Å². The Hall–Kier alpha value is -2.07. The average molecular weight is 312 g/mol. The Kier molecular flexibility index (Phi) is 5.99. The summed E-state index contributed by atoms with van der Waals surface area (Å²) in [6.07, 6.45) is 1.89. The van der Waals surface area contributed by atoms with Crippen molar-refractivity contribution in [2.75, 3.05) is 44.9 Å². The summed E-state index contributed by atoms with van der Waals surface area (Å²) < 4.78 is 0. The van der Waals surface area contributed by atoms with Crippen LogP contribution >= 0.6 is 0 Å². The molecule has 0 bridgehead atoms. The van der Waals surface area contributed by atoms with Crippen LogP contribution in [0, 0.1) is 6.92 Å². The molecule has 0 amide bonds. The fraction of sp³-hybridized carbons (Fsp3) is 0.421. The lowest BCUT2D eigenvalue weighted by Crippen LogP contribution is -2.28. The molecule has 1 aromatic heterocycles. The highest BCUT2D eigenvalue weighted by Gasteiger charge is 2.04. The first-order valence-corrected chi connectivity index (χ1v) is 8.12. The van der Waals surface area contributed by atoms with Crippen LogP contribution in [0.15, 0.2) is 36.4 Å². The molecule has 2 rings (SSSR count). The highest BCUT2D eigenvalue weighted by Crippen LogP contribution is 2.17. The summed E-state index contributed by atoms with van der Waals surface area (Å²) in [5, 5.41) is 0. The van der Waals surface area contributed by atoms with Crippen LogP contribution in [0.1, 0.15) is 16.8 Å². The highest BCUT2D eigenvalue weighted by atomic mass is 15.1. The topological polar surface area (TPSA) is 45.4 Å². The number of anilines is 2. The van der Waals surface area contributed by atoms with Crippen molar-refractivity contribution < 1.29 is 0 Å². The van der Waals surface area contributed by atoms with Crippen LogP contribution in [0.25, 0.3) is 0 Å². The van der Waals surface area contributed by atoms with E-state index in [9.17, 15) is 0 Å². The number of nitrogens with zero attached hydrogens (tertiary/aromatic N) is 3. The van der Waals surface area contributed by atoms with Crippen molar-refractivity contribution in [1.82, 2.24) is 9.88 Å². The zero-order valence-electron chi connectivity index (χ0n) is 14.7. The minimum absolute atomic E-state index is 0.608. The number of nitrogen functional groups attached to an aromatic ring is 1. The van der Waals surface area contributed by atoms with Crippen molar-refractivity contribution in [2.45, 2.75) is 19.8 Å². The Balaban J connectivity index is 1.99. The summed E-state index contributed by atoms with van der Waals surface area (Å²) in [6, 6.07) is 12.8. The normalized spacial score (nSPS) is 11.0. The van der Waals surface area contributed by atoms with Crippen LogP contribution in [-0.4, -0.2) is 44.1 Å². The number of aromatic nitrogens is 1. The molecule has 4 heteroatoms. The summed E-state index contributed by atoms with van der Waals surface area (Å²) in [4.78, 5) is 8.92. The number of likely N-dealkylation sites (N-methyl/N-ethyl adjacent to an activating group) is 2. The summed E-state index contributed by atoms with van der Waals surface area (Å²) in [5.41, 5.74) is 10.7. The Bertz CT molecular complexity index is 617. The smallest absolute Gasteiger partial charge is 0.123 e. The molecule has 0 atom stereocenters. The van der Waals surface area contributed by atoms with E-state index in [4.69, 9.17) is 5.73 Å². The van der Waals surface area contributed by atoms with Gasteiger partial charge in [0.2, 0.25) is 0 Å². The molecule has 0 aliphatic heterocycles. The van der Waals surface area contributed by atoms with E-state index in [2.05, 4.69) is 73.2 Å². The molecule has 2 N–H and O–H groups in total. The summed E-state index contributed by atoms with van der Waals surface area (Å²) in [6.45, 7) is 4.13. The van der Waals surface area contributed by atoms with E-state index in [0.29, 0.717) is 5.82 Å². The first-order valence-electron chi connectivity index (χ1n) is 8.12. The molecule has 2 aromatic rings. The third-order valence-corrected chi connectivity index (χ3v) is 3.95. The molecule has 0 aliphatic rings. The molecular formula is C19H28N4. The van der Waals surface area contributed by atoms with Crippen molar-refractivity contribution in [2.24, 2.45) is 0 Å². The highest BCUT2D eigenvalue weighted by molar-refractivity contribution is 5.48. The lowest BCUT2D eigenvalue weighted by Gasteiger charge is -2.22. The van der Waals surface area contributed by atoms with Crippen LogP contribution in [0.3, 0.4) is 0 Å². The van der Waals surface area contributed by atoms with Gasteiger partial charge in [0.1, 0.15) is 5.82 Å². The monoisotopic (exact) mass is 312 g/mol. The maximum absolute atomic E-state index is 5.83. The van der Waals surface area contributed by atoms with Gasteiger partial charge in [-0.05, 0) is 69.3 Å². The van der Waals surface area contributed by atoms with E-state index in [1.54, 1.807) is 0 Å². The number of aryl methyl sites for hydroxylation is 3. The molecule has 0 spiro atoms. The van der Waals surface area contributed by atoms with Gasteiger partial charge < -0.3 is 15.5 Å². The number of benzene rings is 1. The Morgan fingerprint density at radius 2 is 1.78 bits per heavy atom. The van der Waals surface area contributed by atoms with Crippen LogP contribution < -0.4 is 10.6 Å². The average Bonchev–Trinajstić information content (AvgIpc) is 2.50. The van der Waals surface area contributed by atoms with Crippen LogP contribution in [-0.2, 0) is 12.8 Å². The molecule has 0 aliphatic carbocycles. The van der Waals surface area contributed by atoms with Gasteiger partial charge in [-0.25, -0.2) is 4.98 Å². The van der Waals surface area contributed by atoms with Crippen LogP contribution in [0.5, 0.6) is 0 Å². The number of pyridine rings is 1. The quantitative estimate of drug-likeness (QED) is 0.854. The molecule has 0 saturated heterocycles. The van der Waals surface area contributed by atoms with Gasteiger partial charge >= 0.3 is 0 Å². The molecule has 0 radical (unpaired) electrons. The maximum Gasteiger partial charge on any atom is 0.123 e. The first-order chi connectivity index (χ1) is 10.9. The first kappa shape index (κ1) is 17.3. The largest absolute Gasteiger partial charge is 0.384 e. The zero-order valence-corrected chi connectivity index (χ0v) is 14.7. The van der Waals surface area contributed by atoms with Gasteiger partial charge in [0.05, 0.1) is 0 Å². The molecule has 1 heterocycles. The van der Waals surface area contributed by atoms with E-state index >= 15 is 0 Å². The van der Waals surface area contributed by atoms with Gasteiger partial charge in [0, 0.05) is 31.5 Å². The lowest BCUT2D eigenvalue weighted by molar-refractivity contribution is 0.416. The lowest BCUT2D eigenvalue weighted by atomic mass is 10.1. The third kappa shape index (κ3) is 5.57. The molecule has 0 fully saturated rings. The Labute approximate surface area is 139 Å². The van der Waals surface area contributed by atoms with E-state index in [-0.39, 0.29) is 0 Å². The van der Waals surface area contributed by atoms with Crippen molar-refractivity contribution >= 4 is 11.5 Å². The Morgan fingerprint density at radius 3 is 2.48 bits per heavy atom. The molecule has 23 heavy (non-hydrogen) atoms. The van der Waals surface area contributed by atoms with E-state index in [0.717, 1.165) is 31.6 Å². The minimum Gasteiger partial charge on any atom is -0.384 e. The van der Waals surface area contributed by atoms with Gasteiger partial charge in [-0.15, -0.1) is 0 Å². The van der Waals surface area contributed by atoms with E-state index in [1.165, 1.54) is 16.8 Å². The number of nitrogens with two attached hydrogens (primary N) is 1. The van der Waals surface area contributed by atoms with Crippen LogP contribution in [0.4, 0.5) is 11.5 Å². The van der Waals surface area contributed by atoms with Crippen molar-refractivity contribution in [3.8, 4) is 0 Å². The minimum atomic E-state index is 0.608. The SMILES string of the molecule is Cc1cc(N)nc(CCc2cccc(N(C)CCN(C)C)c2)c1. The second-order valence-corrected chi connectivity index (χ2v) is 6.46. The van der Waals surface area contributed by atoms with Gasteiger partial charge in [-0.2, -0.15) is 0 Å². The summed E-state index contributed by atoms with van der Waals surface area (Å²) >= 11 is 0. The van der Waals surface area contributed by atoms with Crippen molar-refractivity contribution in [1.29, 1.82) is 0 Å².